The van der Waals surface area contributed by atoms with Crippen LogP contribution in [0.3, 0.4) is 0 Å². The molecule has 3 nitrogen and oxygen atoms in total. The molecule has 2 aliphatic carbocycles. The van der Waals surface area contributed by atoms with E-state index in [2.05, 4.69) is 196 Å². The fourth-order valence-corrected chi connectivity index (χ4v) is 12.8. The van der Waals surface area contributed by atoms with Gasteiger partial charge in [-0.2, -0.15) is 0 Å². The van der Waals surface area contributed by atoms with Crippen LogP contribution in [0.4, 0.5) is 34.1 Å². The summed E-state index contributed by atoms with van der Waals surface area (Å²) >= 11 is 0. The number of rotatable bonds is 2. The maximum Gasteiger partial charge on any atom is 0.297 e. The van der Waals surface area contributed by atoms with Crippen molar-refractivity contribution in [3.05, 3.63) is 148 Å². The fraction of sp³-hybridized carbons (Fsp3) is 0.356. The van der Waals surface area contributed by atoms with Crippen molar-refractivity contribution in [3.8, 4) is 11.1 Å². The smallest absolute Gasteiger partial charge is 0.297 e. The van der Waals surface area contributed by atoms with Gasteiger partial charge in [0, 0.05) is 33.4 Å². The van der Waals surface area contributed by atoms with Gasteiger partial charge >= 0.3 is 0 Å². The molecule has 6 aromatic carbocycles. The van der Waals surface area contributed by atoms with Crippen LogP contribution in [0.5, 0.6) is 0 Å². The Morgan fingerprint density at radius 3 is 1.90 bits per heavy atom. The standard InChI is InChI=1S/C59H61BN2O/c1-34-18-23-49-39(28-34)52-54(63-49)60-44-21-20-40-50-53(44)62(46-33-42-41(57(8,9)24-25-58(42,10)11)32-43(46)59(50,12)27-26-56(40,6)7)48-30-35(2)29-47(51(48)60)61(52)45-22-19-37(55(3,4)5)31-38(45)36-16-14-13-15-17-36/h13-23,28-33H,24-27H2,1-12H3. The molecule has 0 bridgehead atoms. The number of fused-ring (bicyclic) bond motifs is 10. The van der Waals surface area contributed by atoms with Crippen molar-refractivity contribution in [2.45, 2.75) is 136 Å². The summed E-state index contributed by atoms with van der Waals surface area (Å²) in [5, 5.41) is 1.17. The molecule has 0 spiro atoms. The highest BCUT2D eigenvalue weighted by molar-refractivity contribution is 7.00. The summed E-state index contributed by atoms with van der Waals surface area (Å²) in [5.41, 5.74) is 26.3. The molecule has 0 saturated carbocycles. The van der Waals surface area contributed by atoms with Gasteiger partial charge in [0.25, 0.3) is 6.71 Å². The van der Waals surface area contributed by atoms with E-state index in [1.54, 1.807) is 5.56 Å². The lowest BCUT2D eigenvalue weighted by Gasteiger charge is -2.55. The van der Waals surface area contributed by atoms with E-state index in [1.807, 2.05) is 0 Å². The molecule has 0 fully saturated rings. The van der Waals surface area contributed by atoms with Crippen LogP contribution < -0.4 is 26.4 Å². The SMILES string of the molecule is Cc1cc2c3c(c1)N(c1ccc(C(C)(C)C)cc1-c1ccccc1)c1c(oc4ccc(C)cc14)B3c1ccc3c4c1N2c1cc2c(cc1C4(C)CCC3(C)C)C(C)(C)CCC2(C)C. The van der Waals surface area contributed by atoms with Gasteiger partial charge in [0.1, 0.15) is 5.58 Å². The topological polar surface area (TPSA) is 19.6 Å². The van der Waals surface area contributed by atoms with E-state index in [9.17, 15) is 0 Å². The third-order valence-electron chi connectivity index (χ3n) is 16.6. The van der Waals surface area contributed by atoms with Gasteiger partial charge in [0.05, 0.1) is 22.7 Å². The van der Waals surface area contributed by atoms with Crippen molar-refractivity contribution >= 4 is 68.4 Å². The molecule has 316 valence electrons. The molecular weight excluding hydrogens is 763 g/mol. The molecule has 63 heavy (non-hydrogen) atoms. The molecule has 0 radical (unpaired) electrons. The van der Waals surface area contributed by atoms with Crippen LogP contribution in [0.1, 0.15) is 139 Å². The zero-order chi connectivity index (χ0) is 43.9. The van der Waals surface area contributed by atoms with Crippen LogP contribution in [0.2, 0.25) is 0 Å². The first-order chi connectivity index (χ1) is 29.8. The van der Waals surface area contributed by atoms with Gasteiger partial charge < -0.3 is 14.2 Å². The number of furan rings is 1. The summed E-state index contributed by atoms with van der Waals surface area (Å²) in [4.78, 5) is 5.35. The second kappa shape index (κ2) is 12.4. The molecule has 4 heteroatoms. The Morgan fingerprint density at radius 2 is 1.21 bits per heavy atom. The summed E-state index contributed by atoms with van der Waals surface area (Å²) in [6.45, 7) is 28.9. The van der Waals surface area contributed by atoms with E-state index in [1.165, 1.54) is 113 Å². The maximum absolute atomic E-state index is 7.38. The quantitative estimate of drug-likeness (QED) is 0.162. The van der Waals surface area contributed by atoms with Gasteiger partial charge in [0.15, 0.2) is 0 Å². The van der Waals surface area contributed by atoms with E-state index in [-0.39, 0.29) is 33.8 Å². The third-order valence-corrected chi connectivity index (χ3v) is 16.6. The number of benzene rings is 6. The van der Waals surface area contributed by atoms with E-state index >= 15 is 0 Å². The van der Waals surface area contributed by atoms with Crippen LogP contribution in [-0.2, 0) is 27.1 Å². The van der Waals surface area contributed by atoms with Crippen molar-refractivity contribution in [2.24, 2.45) is 0 Å². The van der Waals surface area contributed by atoms with Crippen LogP contribution in [0.15, 0.2) is 108 Å². The van der Waals surface area contributed by atoms with Gasteiger partial charge in [-0.3, -0.25) is 0 Å². The molecule has 12 rings (SSSR count). The summed E-state index contributed by atoms with van der Waals surface area (Å²) in [5.74, 6) is 0. The molecular formula is C59H61BN2O. The monoisotopic (exact) mass is 824 g/mol. The minimum Gasteiger partial charge on any atom is -0.468 e. The van der Waals surface area contributed by atoms with Crippen molar-refractivity contribution in [1.82, 2.24) is 0 Å². The van der Waals surface area contributed by atoms with Crippen molar-refractivity contribution in [1.29, 1.82) is 0 Å². The molecule has 0 amide bonds. The summed E-state index contributed by atoms with van der Waals surface area (Å²) in [6, 6.07) is 40.3. The third kappa shape index (κ3) is 5.21. The average Bonchev–Trinajstić information content (AvgIpc) is 3.61. The van der Waals surface area contributed by atoms with Gasteiger partial charge in [-0.05, 0) is 159 Å². The second-order valence-corrected chi connectivity index (χ2v) is 23.3. The predicted molar refractivity (Wildman–Crippen MR) is 268 cm³/mol. The Hall–Kier alpha value is -5.48. The van der Waals surface area contributed by atoms with E-state index < -0.39 is 0 Å². The molecule has 1 aromatic heterocycles. The van der Waals surface area contributed by atoms with Crippen molar-refractivity contribution in [2.75, 3.05) is 9.80 Å². The van der Waals surface area contributed by atoms with Gasteiger partial charge in [-0.25, -0.2) is 0 Å². The maximum atomic E-state index is 7.38. The molecule has 1 unspecified atom stereocenters. The zero-order valence-corrected chi connectivity index (χ0v) is 39.5. The summed E-state index contributed by atoms with van der Waals surface area (Å²) in [7, 11) is 0. The Balaban J connectivity index is 1.23. The van der Waals surface area contributed by atoms with Gasteiger partial charge in [0.2, 0.25) is 0 Å². The Morgan fingerprint density at radius 1 is 0.556 bits per heavy atom. The Bertz CT molecular complexity index is 3140. The van der Waals surface area contributed by atoms with E-state index in [0.717, 1.165) is 24.1 Å². The molecule has 3 aliphatic heterocycles. The molecule has 4 heterocycles. The highest BCUT2D eigenvalue weighted by Crippen LogP contribution is 2.63. The van der Waals surface area contributed by atoms with Gasteiger partial charge in [-0.15, -0.1) is 0 Å². The summed E-state index contributed by atoms with van der Waals surface area (Å²) in [6.07, 6.45) is 4.67. The number of nitrogens with zero attached hydrogens (tertiary/aromatic N) is 2. The van der Waals surface area contributed by atoms with Crippen molar-refractivity contribution < 1.29 is 4.42 Å². The number of hydrogen-bond acceptors (Lipinski definition) is 3. The van der Waals surface area contributed by atoms with E-state index in [4.69, 9.17) is 4.42 Å². The van der Waals surface area contributed by atoms with E-state index in [0.29, 0.717) is 0 Å². The average molecular weight is 825 g/mol. The van der Waals surface area contributed by atoms with Crippen LogP contribution >= 0.6 is 0 Å². The minimum absolute atomic E-state index is 0.0152. The molecule has 5 aliphatic rings. The molecule has 7 aromatic rings. The first-order valence-electron chi connectivity index (χ1n) is 23.6. The molecule has 1 atom stereocenters. The second-order valence-electron chi connectivity index (χ2n) is 23.3. The lowest BCUT2D eigenvalue weighted by Crippen LogP contribution is -2.62. The molecule has 0 saturated heterocycles. The van der Waals surface area contributed by atoms with Crippen molar-refractivity contribution in [3.63, 3.8) is 0 Å². The Labute approximate surface area is 375 Å². The van der Waals surface area contributed by atoms with Gasteiger partial charge in [-0.1, -0.05) is 135 Å². The highest BCUT2D eigenvalue weighted by atomic mass is 16.3. The normalized spacial score (nSPS) is 20.5. The largest absolute Gasteiger partial charge is 0.468 e. The number of anilines is 6. The number of hydrogen-bond donors (Lipinski definition) is 0. The fourth-order valence-electron chi connectivity index (χ4n) is 12.8. The lowest BCUT2D eigenvalue weighted by molar-refractivity contribution is 0.327. The minimum atomic E-state index is -0.132. The predicted octanol–water partition coefficient (Wildman–Crippen LogP) is 14.1. The van der Waals surface area contributed by atoms with Crippen LogP contribution in [0.25, 0.3) is 22.1 Å². The zero-order valence-electron chi connectivity index (χ0n) is 39.5. The Kier molecular flexibility index (Phi) is 7.71. The highest BCUT2D eigenvalue weighted by Gasteiger charge is 2.55. The van der Waals surface area contributed by atoms with Crippen LogP contribution in [0, 0.1) is 13.8 Å². The van der Waals surface area contributed by atoms with Crippen LogP contribution in [-0.4, -0.2) is 6.71 Å². The number of aryl methyl sites for hydroxylation is 2. The first-order valence-corrected chi connectivity index (χ1v) is 23.6. The first kappa shape index (κ1) is 39.1. The molecule has 0 N–H and O–H groups in total. The summed E-state index contributed by atoms with van der Waals surface area (Å²) < 4.78 is 7.38. The lowest BCUT2D eigenvalue weighted by atomic mass is 9.34.